The SMILES string of the molecule is CN(Cc1ccsc1)Cc1cc(Cl)c(N)c(Cl)c1. The van der Waals surface area contributed by atoms with Crippen LogP contribution in [0.4, 0.5) is 5.69 Å². The standard InChI is InChI=1S/C13H14Cl2N2S/c1-17(6-9-2-3-18-8-9)7-10-4-11(14)13(16)12(15)5-10/h2-5,8H,6-7,16H2,1H3. The van der Waals surface area contributed by atoms with Gasteiger partial charge in [0.25, 0.3) is 0 Å². The Labute approximate surface area is 121 Å². The average molecular weight is 301 g/mol. The van der Waals surface area contributed by atoms with E-state index in [0.717, 1.165) is 18.7 Å². The average Bonchev–Trinajstić information content (AvgIpc) is 2.78. The van der Waals surface area contributed by atoms with Crippen molar-refractivity contribution in [2.45, 2.75) is 13.1 Å². The lowest BCUT2D eigenvalue weighted by Gasteiger charge is -2.16. The highest BCUT2D eigenvalue weighted by atomic mass is 35.5. The molecule has 18 heavy (non-hydrogen) atoms. The van der Waals surface area contributed by atoms with E-state index in [9.17, 15) is 0 Å². The molecule has 1 aromatic carbocycles. The van der Waals surface area contributed by atoms with Crippen LogP contribution in [-0.2, 0) is 13.1 Å². The minimum atomic E-state index is 0.447. The maximum Gasteiger partial charge on any atom is 0.0693 e. The predicted molar refractivity (Wildman–Crippen MR) is 80.4 cm³/mol. The summed E-state index contributed by atoms with van der Waals surface area (Å²) in [5, 5.41) is 5.27. The van der Waals surface area contributed by atoms with E-state index >= 15 is 0 Å². The quantitative estimate of drug-likeness (QED) is 0.855. The molecule has 0 aliphatic heterocycles. The lowest BCUT2D eigenvalue weighted by atomic mass is 10.2. The van der Waals surface area contributed by atoms with E-state index < -0.39 is 0 Å². The minimum Gasteiger partial charge on any atom is -0.396 e. The molecule has 0 spiro atoms. The zero-order chi connectivity index (χ0) is 13.1. The fourth-order valence-electron chi connectivity index (χ4n) is 1.79. The fraction of sp³-hybridized carbons (Fsp3) is 0.231. The lowest BCUT2D eigenvalue weighted by Crippen LogP contribution is -2.16. The summed E-state index contributed by atoms with van der Waals surface area (Å²) in [4.78, 5) is 2.21. The first-order valence-corrected chi connectivity index (χ1v) is 7.19. The first-order valence-electron chi connectivity index (χ1n) is 5.49. The molecule has 0 amide bonds. The van der Waals surface area contributed by atoms with E-state index in [1.54, 1.807) is 11.3 Å². The number of rotatable bonds is 4. The Morgan fingerprint density at radius 3 is 2.33 bits per heavy atom. The van der Waals surface area contributed by atoms with Gasteiger partial charge in [0, 0.05) is 13.1 Å². The van der Waals surface area contributed by atoms with Gasteiger partial charge in [0.05, 0.1) is 15.7 Å². The van der Waals surface area contributed by atoms with Gasteiger partial charge in [-0.2, -0.15) is 11.3 Å². The van der Waals surface area contributed by atoms with Gasteiger partial charge in [-0.3, -0.25) is 4.90 Å². The second-order valence-corrected chi connectivity index (χ2v) is 5.87. The molecule has 96 valence electrons. The summed E-state index contributed by atoms with van der Waals surface area (Å²) in [6.07, 6.45) is 0. The van der Waals surface area contributed by atoms with E-state index in [2.05, 4.69) is 28.8 Å². The highest BCUT2D eigenvalue weighted by molar-refractivity contribution is 7.07. The molecular formula is C13H14Cl2N2S. The predicted octanol–water partition coefficient (Wildman–Crippen LogP) is 4.27. The highest BCUT2D eigenvalue weighted by Crippen LogP contribution is 2.29. The summed E-state index contributed by atoms with van der Waals surface area (Å²) in [6.45, 7) is 1.69. The molecule has 0 unspecified atom stereocenters. The van der Waals surface area contributed by atoms with E-state index in [1.165, 1.54) is 5.56 Å². The van der Waals surface area contributed by atoms with Gasteiger partial charge in [0.2, 0.25) is 0 Å². The Hall–Kier alpha value is -0.740. The van der Waals surface area contributed by atoms with Crippen LogP contribution in [0.3, 0.4) is 0 Å². The Bertz CT molecular complexity index is 503. The summed E-state index contributed by atoms with van der Waals surface area (Å²) in [5.41, 5.74) is 8.54. The molecule has 0 atom stereocenters. The Morgan fingerprint density at radius 2 is 1.78 bits per heavy atom. The van der Waals surface area contributed by atoms with Gasteiger partial charge < -0.3 is 5.73 Å². The van der Waals surface area contributed by atoms with Gasteiger partial charge in [0.1, 0.15) is 0 Å². The summed E-state index contributed by atoms with van der Waals surface area (Å²) in [6, 6.07) is 5.86. The summed E-state index contributed by atoms with van der Waals surface area (Å²) < 4.78 is 0. The zero-order valence-electron chi connectivity index (χ0n) is 9.99. The Morgan fingerprint density at radius 1 is 1.17 bits per heavy atom. The number of hydrogen-bond acceptors (Lipinski definition) is 3. The summed E-state index contributed by atoms with van der Waals surface area (Å²) in [7, 11) is 2.07. The molecule has 2 aromatic rings. The molecule has 0 fully saturated rings. The molecule has 1 aromatic heterocycles. The monoisotopic (exact) mass is 300 g/mol. The number of nitrogen functional groups attached to an aromatic ring is 1. The molecule has 2 nitrogen and oxygen atoms in total. The molecule has 5 heteroatoms. The largest absolute Gasteiger partial charge is 0.396 e. The van der Waals surface area contributed by atoms with Crippen molar-refractivity contribution in [3.63, 3.8) is 0 Å². The second-order valence-electron chi connectivity index (χ2n) is 4.28. The van der Waals surface area contributed by atoms with Crippen molar-refractivity contribution in [1.29, 1.82) is 0 Å². The first-order chi connectivity index (χ1) is 8.56. The number of halogens is 2. The summed E-state index contributed by atoms with van der Waals surface area (Å²) >= 11 is 13.7. The van der Waals surface area contributed by atoms with Crippen molar-refractivity contribution in [3.05, 3.63) is 50.1 Å². The zero-order valence-corrected chi connectivity index (χ0v) is 12.3. The van der Waals surface area contributed by atoms with Crippen molar-refractivity contribution in [1.82, 2.24) is 4.90 Å². The third-order valence-electron chi connectivity index (χ3n) is 2.62. The maximum absolute atomic E-state index is 6.02. The smallest absolute Gasteiger partial charge is 0.0693 e. The number of hydrogen-bond donors (Lipinski definition) is 1. The first kappa shape index (κ1) is 13.7. The molecule has 1 heterocycles. The van der Waals surface area contributed by atoms with Crippen molar-refractivity contribution in [2.24, 2.45) is 0 Å². The number of anilines is 1. The molecule has 2 rings (SSSR count). The summed E-state index contributed by atoms with van der Waals surface area (Å²) in [5.74, 6) is 0. The maximum atomic E-state index is 6.02. The van der Waals surface area contributed by atoms with Crippen LogP contribution in [-0.4, -0.2) is 11.9 Å². The van der Waals surface area contributed by atoms with Crippen LogP contribution in [0.1, 0.15) is 11.1 Å². The van der Waals surface area contributed by atoms with E-state index in [4.69, 9.17) is 28.9 Å². The Balaban J connectivity index is 2.05. The van der Waals surface area contributed by atoms with Gasteiger partial charge in [0.15, 0.2) is 0 Å². The van der Waals surface area contributed by atoms with E-state index in [1.807, 2.05) is 12.1 Å². The molecule has 0 bridgehead atoms. The number of nitrogens with two attached hydrogens (primary N) is 1. The van der Waals surface area contributed by atoms with Gasteiger partial charge in [-0.15, -0.1) is 0 Å². The van der Waals surface area contributed by atoms with Crippen LogP contribution < -0.4 is 5.73 Å². The highest BCUT2D eigenvalue weighted by Gasteiger charge is 2.07. The molecule has 2 N–H and O–H groups in total. The van der Waals surface area contributed by atoms with Gasteiger partial charge >= 0.3 is 0 Å². The van der Waals surface area contributed by atoms with Crippen LogP contribution in [0.25, 0.3) is 0 Å². The number of benzene rings is 1. The van der Waals surface area contributed by atoms with Crippen LogP contribution in [0, 0.1) is 0 Å². The van der Waals surface area contributed by atoms with Gasteiger partial charge in [-0.1, -0.05) is 23.2 Å². The lowest BCUT2D eigenvalue weighted by molar-refractivity contribution is 0.319. The molecule has 0 saturated carbocycles. The van der Waals surface area contributed by atoms with E-state index in [-0.39, 0.29) is 0 Å². The number of thiophene rings is 1. The molecule has 0 aliphatic carbocycles. The van der Waals surface area contributed by atoms with Gasteiger partial charge in [-0.05, 0) is 47.1 Å². The third kappa shape index (κ3) is 3.39. The minimum absolute atomic E-state index is 0.447. The van der Waals surface area contributed by atoms with Crippen LogP contribution in [0.5, 0.6) is 0 Å². The molecule has 0 saturated heterocycles. The Kier molecular flexibility index (Phi) is 4.51. The second kappa shape index (κ2) is 5.93. The number of nitrogens with zero attached hydrogens (tertiary/aromatic N) is 1. The fourth-order valence-corrected chi connectivity index (χ4v) is 2.98. The van der Waals surface area contributed by atoms with Crippen LogP contribution >= 0.6 is 34.5 Å². The van der Waals surface area contributed by atoms with Crippen molar-refractivity contribution < 1.29 is 0 Å². The van der Waals surface area contributed by atoms with Crippen LogP contribution in [0.2, 0.25) is 10.0 Å². The third-order valence-corrected chi connectivity index (χ3v) is 3.98. The molecule has 0 aliphatic rings. The van der Waals surface area contributed by atoms with Crippen molar-refractivity contribution in [2.75, 3.05) is 12.8 Å². The van der Waals surface area contributed by atoms with Crippen LogP contribution in [0.15, 0.2) is 29.0 Å². The van der Waals surface area contributed by atoms with E-state index in [0.29, 0.717) is 15.7 Å². The van der Waals surface area contributed by atoms with Gasteiger partial charge in [-0.25, -0.2) is 0 Å². The molecular weight excluding hydrogens is 287 g/mol. The normalized spacial score (nSPS) is 11.1. The van der Waals surface area contributed by atoms with Crippen molar-refractivity contribution in [3.8, 4) is 0 Å². The van der Waals surface area contributed by atoms with Crippen molar-refractivity contribution >= 4 is 40.2 Å². The molecule has 0 radical (unpaired) electrons. The topological polar surface area (TPSA) is 29.3 Å².